The maximum absolute atomic E-state index is 13.5. The van der Waals surface area contributed by atoms with E-state index in [-0.39, 0.29) is 18.0 Å². The third-order valence-electron chi connectivity index (χ3n) is 4.48. The van der Waals surface area contributed by atoms with Crippen LogP contribution in [0.5, 0.6) is 0 Å². The Balaban J connectivity index is 1.86. The highest BCUT2D eigenvalue weighted by molar-refractivity contribution is 5.98. The summed E-state index contributed by atoms with van der Waals surface area (Å²) in [6.07, 6.45) is -4.84. The number of rotatable bonds is 3. The van der Waals surface area contributed by atoms with Gasteiger partial charge in [0.25, 0.3) is 0 Å². The first-order valence-corrected chi connectivity index (χ1v) is 8.18. The van der Waals surface area contributed by atoms with E-state index in [2.05, 4.69) is 10.6 Å². The Bertz CT molecular complexity index is 896. The number of amides is 2. The smallest absolute Gasteiger partial charge is 0.348 e. The quantitative estimate of drug-likeness (QED) is 0.792. The van der Waals surface area contributed by atoms with Crippen molar-refractivity contribution in [2.24, 2.45) is 5.92 Å². The van der Waals surface area contributed by atoms with Crippen LogP contribution in [0.4, 0.5) is 23.2 Å². The second-order valence-electron chi connectivity index (χ2n) is 6.43. The number of hydrogen-bond donors (Lipinski definition) is 2. The molecule has 1 aliphatic rings. The summed E-state index contributed by atoms with van der Waals surface area (Å²) < 4.78 is 52.0. The normalized spacial score (nSPS) is 19.7. The summed E-state index contributed by atoms with van der Waals surface area (Å²) in [7, 11) is 0. The zero-order valence-corrected chi connectivity index (χ0v) is 14.2. The molecule has 0 radical (unpaired) electrons. The van der Waals surface area contributed by atoms with Crippen molar-refractivity contribution in [3.8, 4) is 0 Å². The molecule has 1 heterocycles. The third-order valence-corrected chi connectivity index (χ3v) is 4.48. The lowest BCUT2D eigenvalue weighted by Crippen LogP contribution is -2.29. The zero-order chi connectivity index (χ0) is 19.8. The number of benzene rings is 2. The molecule has 1 aliphatic heterocycles. The molecule has 1 saturated heterocycles. The van der Waals surface area contributed by atoms with Gasteiger partial charge in [-0.15, -0.1) is 0 Å². The summed E-state index contributed by atoms with van der Waals surface area (Å²) in [6, 6.07) is 8.40. The topological polar surface area (TPSA) is 58.2 Å². The maximum atomic E-state index is 13.5. The Hall–Kier alpha value is -2.90. The van der Waals surface area contributed by atoms with Crippen molar-refractivity contribution in [2.45, 2.75) is 25.6 Å². The van der Waals surface area contributed by atoms with Crippen LogP contribution in [0.3, 0.4) is 0 Å². The third kappa shape index (κ3) is 4.10. The molecule has 2 aromatic rings. The second-order valence-corrected chi connectivity index (χ2v) is 6.43. The molecule has 4 nitrogen and oxygen atoms in total. The van der Waals surface area contributed by atoms with E-state index in [4.69, 9.17) is 0 Å². The molecule has 142 valence electrons. The van der Waals surface area contributed by atoms with E-state index >= 15 is 0 Å². The van der Waals surface area contributed by atoms with Gasteiger partial charge < -0.3 is 10.6 Å². The fraction of sp³-hybridized carbons (Fsp3) is 0.263. The minimum Gasteiger partial charge on any atom is -0.348 e. The molecular weight excluding hydrogens is 364 g/mol. The van der Waals surface area contributed by atoms with Crippen LogP contribution in [-0.4, -0.2) is 11.8 Å². The van der Waals surface area contributed by atoms with Crippen molar-refractivity contribution in [2.75, 3.05) is 5.32 Å². The first kappa shape index (κ1) is 18.9. The van der Waals surface area contributed by atoms with E-state index < -0.39 is 35.4 Å². The van der Waals surface area contributed by atoms with Crippen LogP contribution in [0.15, 0.2) is 42.5 Å². The molecular formula is C19H16F4N2O2. The Kier molecular flexibility index (Phi) is 4.91. The van der Waals surface area contributed by atoms with Crippen LogP contribution >= 0.6 is 0 Å². The highest BCUT2D eigenvalue weighted by atomic mass is 19.4. The molecule has 8 heteroatoms. The van der Waals surface area contributed by atoms with Crippen LogP contribution in [0.1, 0.15) is 29.2 Å². The monoisotopic (exact) mass is 380 g/mol. The van der Waals surface area contributed by atoms with Gasteiger partial charge in [-0.05, 0) is 36.2 Å². The molecule has 2 aromatic carbocycles. The number of anilines is 1. The molecule has 0 unspecified atom stereocenters. The number of halogens is 4. The van der Waals surface area contributed by atoms with Crippen molar-refractivity contribution in [3.63, 3.8) is 0 Å². The number of carbonyl (C=O) groups is 2. The van der Waals surface area contributed by atoms with Crippen molar-refractivity contribution in [1.82, 2.24) is 5.32 Å². The molecule has 0 aromatic heterocycles. The van der Waals surface area contributed by atoms with Gasteiger partial charge in [0.15, 0.2) is 0 Å². The molecule has 2 amide bonds. The Morgan fingerprint density at radius 3 is 2.56 bits per heavy atom. The first-order valence-electron chi connectivity index (χ1n) is 8.18. The fourth-order valence-electron chi connectivity index (χ4n) is 3.19. The fourth-order valence-corrected chi connectivity index (χ4v) is 3.19. The first-order chi connectivity index (χ1) is 12.6. The lowest BCUT2D eigenvalue weighted by atomic mass is 9.90. The molecule has 0 aliphatic carbocycles. The second kappa shape index (κ2) is 7.02. The highest BCUT2D eigenvalue weighted by Crippen LogP contribution is 2.34. The summed E-state index contributed by atoms with van der Waals surface area (Å²) in [5, 5.41) is 5.03. The molecule has 1 fully saturated rings. The van der Waals surface area contributed by atoms with E-state index in [0.717, 1.165) is 17.2 Å². The van der Waals surface area contributed by atoms with Gasteiger partial charge in [-0.25, -0.2) is 4.39 Å². The molecule has 3 rings (SSSR count). The summed E-state index contributed by atoms with van der Waals surface area (Å²) in [5.74, 6) is -2.92. The Labute approximate surface area is 152 Å². The van der Waals surface area contributed by atoms with Crippen molar-refractivity contribution in [1.29, 1.82) is 0 Å². The van der Waals surface area contributed by atoms with Crippen molar-refractivity contribution < 1.29 is 27.2 Å². The van der Waals surface area contributed by atoms with Gasteiger partial charge in [0.2, 0.25) is 11.8 Å². The average molecular weight is 380 g/mol. The largest absolute Gasteiger partial charge is 0.416 e. The average Bonchev–Trinajstić information content (AvgIpc) is 2.95. The molecule has 2 N–H and O–H groups in total. The number of carbonyl (C=O) groups excluding carboxylic acids is 2. The van der Waals surface area contributed by atoms with Crippen molar-refractivity contribution in [3.05, 3.63) is 65.0 Å². The lowest BCUT2D eigenvalue weighted by Gasteiger charge is -2.21. The van der Waals surface area contributed by atoms with Gasteiger partial charge in [0, 0.05) is 12.1 Å². The predicted molar refractivity (Wildman–Crippen MR) is 90.2 cm³/mol. The number of hydrogen-bond acceptors (Lipinski definition) is 2. The number of aryl methyl sites for hydroxylation is 1. The van der Waals surface area contributed by atoms with E-state index in [1.54, 1.807) is 12.1 Å². The Morgan fingerprint density at radius 1 is 1.19 bits per heavy atom. The standard InChI is InChI=1S/C19H16F4N2O2/c1-10-4-2-3-5-14(10)17-15(9-16(26)25-17)18(27)24-13-7-11(19(21,22)23)6-12(20)8-13/h2-8,15,17H,9H2,1H3,(H,24,27)(H,25,26)/t15-,17-/m1/s1. The van der Waals surface area contributed by atoms with Gasteiger partial charge in [-0.1, -0.05) is 24.3 Å². The lowest BCUT2D eigenvalue weighted by molar-refractivity contribution is -0.137. The molecule has 27 heavy (non-hydrogen) atoms. The minimum absolute atomic E-state index is 0.105. The number of alkyl halides is 3. The minimum atomic E-state index is -4.74. The van der Waals surface area contributed by atoms with Crippen LogP contribution in [0.2, 0.25) is 0 Å². The highest BCUT2D eigenvalue weighted by Gasteiger charge is 2.39. The predicted octanol–water partition coefficient (Wildman–Crippen LogP) is 3.97. The van der Waals surface area contributed by atoms with Gasteiger partial charge in [-0.3, -0.25) is 9.59 Å². The molecule has 0 bridgehead atoms. The van der Waals surface area contributed by atoms with Crippen LogP contribution < -0.4 is 10.6 Å². The maximum Gasteiger partial charge on any atom is 0.416 e. The van der Waals surface area contributed by atoms with Crippen LogP contribution in [-0.2, 0) is 15.8 Å². The molecule has 0 saturated carbocycles. The van der Waals surface area contributed by atoms with Gasteiger partial charge in [0.05, 0.1) is 17.5 Å². The molecule has 0 spiro atoms. The van der Waals surface area contributed by atoms with Crippen molar-refractivity contribution >= 4 is 17.5 Å². The van der Waals surface area contributed by atoms with E-state index in [0.29, 0.717) is 12.1 Å². The summed E-state index contributed by atoms with van der Waals surface area (Å²) in [6.45, 7) is 1.83. The number of nitrogens with one attached hydrogen (secondary N) is 2. The van der Waals surface area contributed by atoms with Crippen LogP contribution in [0, 0.1) is 18.7 Å². The summed E-state index contributed by atoms with van der Waals surface area (Å²) >= 11 is 0. The Morgan fingerprint density at radius 2 is 1.89 bits per heavy atom. The van der Waals surface area contributed by atoms with E-state index in [9.17, 15) is 27.2 Å². The zero-order valence-electron chi connectivity index (χ0n) is 14.2. The van der Waals surface area contributed by atoms with Gasteiger partial charge in [-0.2, -0.15) is 13.2 Å². The summed E-state index contributed by atoms with van der Waals surface area (Å²) in [5.41, 5.74) is 0.107. The summed E-state index contributed by atoms with van der Waals surface area (Å²) in [4.78, 5) is 24.5. The van der Waals surface area contributed by atoms with E-state index in [1.165, 1.54) is 0 Å². The van der Waals surface area contributed by atoms with Crippen LogP contribution in [0.25, 0.3) is 0 Å². The molecule has 2 atom stereocenters. The van der Waals surface area contributed by atoms with Gasteiger partial charge in [0.1, 0.15) is 5.82 Å². The van der Waals surface area contributed by atoms with E-state index in [1.807, 2.05) is 19.1 Å². The van der Waals surface area contributed by atoms with Gasteiger partial charge >= 0.3 is 6.18 Å². The SMILES string of the molecule is Cc1ccccc1[C@H]1NC(=O)C[C@H]1C(=O)Nc1cc(F)cc(C(F)(F)F)c1.